The summed E-state index contributed by atoms with van der Waals surface area (Å²) in [5.41, 5.74) is 26.3. The summed E-state index contributed by atoms with van der Waals surface area (Å²) in [6.07, 6.45) is 2.03. The zero-order valence-electron chi connectivity index (χ0n) is 48.2. The van der Waals surface area contributed by atoms with Crippen LogP contribution < -0.4 is 20.2 Å². The van der Waals surface area contributed by atoms with E-state index >= 15 is 0 Å². The second-order valence-electron chi connectivity index (χ2n) is 21.8. The second kappa shape index (κ2) is 26.4. The van der Waals surface area contributed by atoms with E-state index < -0.39 is 7.12 Å². The number of fused-ring (bicyclic) bond motifs is 6. The molecule has 0 aliphatic heterocycles. The average molecular weight is 1270 g/mol. The van der Waals surface area contributed by atoms with Crippen molar-refractivity contribution in [3.05, 3.63) is 359 Å². The molecular weight excluding hydrogens is 1210 g/mol. The molecule has 0 saturated carbocycles. The SMILES string of the molecule is Brc1ccc2c(c1)-c1cc(Br)ccc1C2.OB(O)c1ccc(N(c2ccccc2)c2ccccc2)cc1.c1ccc(N(c2ccccc2)c2ccc(-c3ccc4c(c3)-c3cc(-c5ccc(N(c6ccccc6)c6ccccc6)cc5)ccc3C4)cc2)cc1. The Morgan fingerprint density at radius 3 is 0.739 bits per heavy atom. The van der Waals surface area contributed by atoms with Gasteiger partial charge in [-0.15, -0.1) is 0 Å². The summed E-state index contributed by atoms with van der Waals surface area (Å²) in [6, 6.07) is 114. The van der Waals surface area contributed by atoms with Crippen LogP contribution in [0.3, 0.4) is 0 Å². The molecule has 2 aliphatic carbocycles. The second-order valence-corrected chi connectivity index (χ2v) is 23.6. The zero-order valence-corrected chi connectivity index (χ0v) is 51.3. The van der Waals surface area contributed by atoms with Gasteiger partial charge in [-0.3, -0.25) is 0 Å². The minimum Gasteiger partial charge on any atom is -0.423 e. The molecule has 0 spiro atoms. The zero-order chi connectivity index (χ0) is 59.8. The van der Waals surface area contributed by atoms with Gasteiger partial charge in [0.15, 0.2) is 0 Å². The van der Waals surface area contributed by atoms with E-state index in [1.807, 2.05) is 72.8 Å². The van der Waals surface area contributed by atoms with Gasteiger partial charge in [0.05, 0.1) is 0 Å². The van der Waals surface area contributed by atoms with E-state index in [2.05, 4.69) is 289 Å². The fraction of sp³-hybridized carbons (Fsp3) is 0.0250. The Labute approximate surface area is 532 Å². The van der Waals surface area contributed by atoms with Gasteiger partial charge in [0.1, 0.15) is 0 Å². The van der Waals surface area contributed by atoms with Gasteiger partial charge in [-0.1, -0.05) is 214 Å². The molecule has 2 aliphatic rings. The van der Waals surface area contributed by atoms with Crippen LogP contribution in [0.25, 0.3) is 44.5 Å². The predicted molar refractivity (Wildman–Crippen MR) is 376 cm³/mol. The first-order chi connectivity index (χ1) is 43.3. The highest BCUT2D eigenvalue weighted by atomic mass is 79.9. The van der Waals surface area contributed by atoms with Crippen molar-refractivity contribution in [3.63, 3.8) is 0 Å². The first-order valence-corrected chi connectivity index (χ1v) is 31.1. The summed E-state index contributed by atoms with van der Waals surface area (Å²) in [5, 5.41) is 18.5. The minimum atomic E-state index is -1.45. The van der Waals surface area contributed by atoms with Crippen LogP contribution in [0.1, 0.15) is 22.3 Å². The first-order valence-electron chi connectivity index (χ1n) is 29.5. The number of anilines is 9. The van der Waals surface area contributed by atoms with Crippen molar-refractivity contribution in [1.29, 1.82) is 0 Å². The molecule has 0 aromatic heterocycles. The number of hydrogen-bond acceptors (Lipinski definition) is 5. The van der Waals surface area contributed by atoms with E-state index in [1.54, 1.807) is 12.1 Å². The number of benzene rings is 13. The Morgan fingerprint density at radius 1 is 0.239 bits per heavy atom. The highest BCUT2D eigenvalue weighted by Crippen LogP contribution is 2.44. The van der Waals surface area contributed by atoms with Gasteiger partial charge < -0.3 is 24.7 Å². The van der Waals surface area contributed by atoms with Crippen LogP contribution >= 0.6 is 31.9 Å². The first kappa shape index (κ1) is 57.3. The third-order valence-electron chi connectivity index (χ3n) is 16.2. The smallest absolute Gasteiger partial charge is 0.423 e. The van der Waals surface area contributed by atoms with E-state index in [9.17, 15) is 10.0 Å². The molecule has 15 rings (SSSR count). The molecule has 0 radical (unpaired) electrons. The fourth-order valence-corrected chi connectivity index (χ4v) is 12.6. The Morgan fingerprint density at radius 2 is 0.466 bits per heavy atom. The lowest BCUT2D eigenvalue weighted by atomic mass is 9.80. The number of para-hydroxylation sites is 6. The van der Waals surface area contributed by atoms with E-state index in [0.717, 1.165) is 73.0 Å². The van der Waals surface area contributed by atoms with E-state index in [0.29, 0.717) is 5.46 Å². The molecule has 88 heavy (non-hydrogen) atoms. The molecule has 13 aromatic rings. The molecule has 0 unspecified atom stereocenters. The van der Waals surface area contributed by atoms with Gasteiger partial charge in [-0.25, -0.2) is 0 Å². The lowest BCUT2D eigenvalue weighted by Crippen LogP contribution is -2.29. The molecule has 5 nitrogen and oxygen atoms in total. The molecule has 0 heterocycles. The quantitative estimate of drug-likeness (QED) is 0.119. The molecule has 0 fully saturated rings. The van der Waals surface area contributed by atoms with E-state index in [-0.39, 0.29) is 0 Å². The average Bonchev–Trinajstić information content (AvgIpc) is 4.13. The molecule has 0 bridgehead atoms. The van der Waals surface area contributed by atoms with Crippen molar-refractivity contribution in [2.45, 2.75) is 12.8 Å². The van der Waals surface area contributed by atoms with Gasteiger partial charge in [0.2, 0.25) is 0 Å². The van der Waals surface area contributed by atoms with Crippen LogP contribution in [-0.4, -0.2) is 17.2 Å². The fourth-order valence-electron chi connectivity index (χ4n) is 11.8. The molecule has 2 N–H and O–H groups in total. The Hall–Kier alpha value is -9.80. The van der Waals surface area contributed by atoms with Crippen LogP contribution in [0.15, 0.2) is 337 Å². The summed E-state index contributed by atoms with van der Waals surface area (Å²) in [6.45, 7) is 0. The highest BCUT2D eigenvalue weighted by molar-refractivity contribution is 9.10. The number of nitrogens with zero attached hydrogens (tertiary/aromatic N) is 3. The van der Waals surface area contributed by atoms with Crippen molar-refractivity contribution in [1.82, 2.24) is 0 Å². The minimum absolute atomic E-state index is 0.477. The van der Waals surface area contributed by atoms with Gasteiger partial charge >= 0.3 is 7.12 Å². The molecule has 0 atom stereocenters. The molecule has 424 valence electrons. The van der Waals surface area contributed by atoms with Crippen molar-refractivity contribution in [2.75, 3.05) is 14.7 Å². The van der Waals surface area contributed by atoms with Gasteiger partial charge in [-0.2, -0.15) is 0 Å². The van der Waals surface area contributed by atoms with Gasteiger partial charge in [0.25, 0.3) is 0 Å². The number of hydrogen-bond donors (Lipinski definition) is 2. The largest absolute Gasteiger partial charge is 0.488 e. The lowest BCUT2D eigenvalue weighted by Gasteiger charge is -2.25. The van der Waals surface area contributed by atoms with Gasteiger partial charge in [0, 0.05) is 60.1 Å². The molecule has 8 heteroatoms. The molecule has 0 saturated heterocycles. The number of halogens is 2. The Bertz CT molecular complexity index is 4130. The Kier molecular flexibility index (Phi) is 17.2. The van der Waals surface area contributed by atoms with Gasteiger partial charge in [-0.05, 0) is 231 Å². The third-order valence-corrected chi connectivity index (χ3v) is 17.1. The maximum Gasteiger partial charge on any atom is 0.488 e. The molecule has 13 aromatic carbocycles. The predicted octanol–water partition coefficient (Wildman–Crippen LogP) is 21.2. The number of rotatable bonds is 12. The Balaban J connectivity index is 0.000000157. The maximum absolute atomic E-state index is 9.23. The van der Waals surface area contributed by atoms with E-state index in [4.69, 9.17) is 0 Å². The highest BCUT2D eigenvalue weighted by Gasteiger charge is 2.22. The summed E-state index contributed by atoms with van der Waals surface area (Å²) in [7, 11) is -1.45. The van der Waals surface area contributed by atoms with Crippen LogP contribution in [0.2, 0.25) is 0 Å². The summed E-state index contributed by atoms with van der Waals surface area (Å²) in [5.74, 6) is 0. The lowest BCUT2D eigenvalue weighted by molar-refractivity contribution is 0.426. The monoisotopic (exact) mass is 1260 g/mol. The topological polar surface area (TPSA) is 50.2 Å². The standard InChI is InChI=1S/C49H36N2.C18H16BNO2.C13H8Br2/c1-5-13-42(14-6-1)50(43-15-7-2-8-16-43)46-29-25-36(26-30-46)38-21-23-40-33-41-24-22-39(35-49(41)48(40)34-38)37-27-31-47(32-28-37)51(44-17-9-3-10-18-44)45-19-11-4-12-20-45;21-19(22)15-11-13-18(14-12-15)20(16-7-3-1-4-8-16)17-9-5-2-6-10-17;14-10-3-1-8-5-9-2-4-11(15)7-13(9)12(8)6-10/h1-32,34-35H,33H2;1-14,21-22H;1-4,6-7H,5H2. The van der Waals surface area contributed by atoms with Crippen LogP contribution in [0, 0.1) is 0 Å². The van der Waals surface area contributed by atoms with Crippen LogP contribution in [0.5, 0.6) is 0 Å². The van der Waals surface area contributed by atoms with Crippen molar-refractivity contribution in [3.8, 4) is 44.5 Å². The molecule has 0 amide bonds. The maximum atomic E-state index is 9.23. The van der Waals surface area contributed by atoms with E-state index in [1.165, 1.54) is 66.8 Å². The van der Waals surface area contributed by atoms with Crippen LogP contribution in [0.4, 0.5) is 51.2 Å². The van der Waals surface area contributed by atoms with Crippen molar-refractivity contribution < 1.29 is 10.0 Å². The summed E-state index contributed by atoms with van der Waals surface area (Å²) >= 11 is 7.05. The van der Waals surface area contributed by atoms with Crippen molar-refractivity contribution in [2.24, 2.45) is 0 Å². The third kappa shape index (κ3) is 12.7. The summed E-state index contributed by atoms with van der Waals surface area (Å²) in [4.78, 5) is 6.73. The van der Waals surface area contributed by atoms with Crippen LogP contribution in [-0.2, 0) is 12.8 Å². The van der Waals surface area contributed by atoms with Crippen molar-refractivity contribution >= 4 is 95.6 Å². The normalized spacial score (nSPS) is 11.3. The summed E-state index contributed by atoms with van der Waals surface area (Å²) < 4.78 is 2.29. The molecular formula is C80H60BBr2N3O2.